The molecule has 11 heavy (non-hydrogen) atoms. The van der Waals surface area contributed by atoms with Crippen LogP contribution in [-0.2, 0) is 26.4 Å². The molecular weight excluding hydrogens is 187 g/mol. The van der Waals surface area contributed by atoms with Gasteiger partial charge in [-0.3, -0.25) is 0 Å². The molecule has 1 radical (unpaired) electrons. The van der Waals surface area contributed by atoms with Gasteiger partial charge in [0.05, 0.1) is 0 Å². The van der Waals surface area contributed by atoms with Crippen molar-refractivity contribution in [2.45, 2.75) is 0 Å². The molecule has 0 aromatic heterocycles. The van der Waals surface area contributed by atoms with Crippen LogP contribution in [0.3, 0.4) is 0 Å². The van der Waals surface area contributed by atoms with Gasteiger partial charge in [0.1, 0.15) is 13.6 Å². The van der Waals surface area contributed by atoms with Crippen LogP contribution in [0.1, 0.15) is 0 Å². The Labute approximate surface area is 79.6 Å². The minimum absolute atomic E-state index is 0. The van der Waals surface area contributed by atoms with Gasteiger partial charge in [0.2, 0.25) is 0 Å². The Hall–Kier alpha value is -0.934. The summed E-state index contributed by atoms with van der Waals surface area (Å²) >= 11 is 0. The molecular formula is C8H14CoO2. The molecule has 0 aromatic carbocycles. The van der Waals surface area contributed by atoms with E-state index in [0.717, 1.165) is 0 Å². The molecule has 0 unspecified atom stereocenters. The molecule has 0 N–H and O–H groups in total. The number of rotatable bonds is 0. The van der Waals surface area contributed by atoms with Crippen molar-refractivity contribution in [3.63, 3.8) is 0 Å². The Kier molecular flexibility index (Phi) is 1520. The van der Waals surface area contributed by atoms with Gasteiger partial charge < -0.3 is 9.59 Å². The molecule has 67 valence electrons. The third-order valence-corrected chi connectivity index (χ3v) is 0. The predicted molar refractivity (Wildman–Crippen MR) is 45.4 cm³/mol. The number of carbonyl (C=O) groups is 2. The van der Waals surface area contributed by atoms with Crippen molar-refractivity contribution in [2.75, 3.05) is 0 Å². The zero-order valence-corrected chi connectivity index (χ0v) is 7.59. The first-order valence-electron chi connectivity index (χ1n) is 2.21. The van der Waals surface area contributed by atoms with Crippen LogP contribution in [0.5, 0.6) is 0 Å². The van der Waals surface area contributed by atoms with E-state index < -0.39 is 0 Å². The first-order chi connectivity index (χ1) is 4.83. The minimum atomic E-state index is 0. The van der Waals surface area contributed by atoms with Gasteiger partial charge in [0.25, 0.3) is 0 Å². The largest absolute Gasteiger partial charge is 2.00 e. The molecule has 0 aliphatic rings. The van der Waals surface area contributed by atoms with Crippen LogP contribution in [0.2, 0.25) is 0 Å². The first kappa shape index (κ1) is 32.2. The van der Waals surface area contributed by atoms with E-state index in [-0.39, 0.29) is 16.8 Å². The van der Waals surface area contributed by atoms with Crippen LogP contribution in [0.4, 0.5) is 0 Å². The van der Waals surface area contributed by atoms with E-state index in [1.807, 2.05) is 13.6 Å². The monoisotopic (exact) mass is 201 g/mol. The maximum Gasteiger partial charge on any atom is 2.00 e. The summed E-state index contributed by atoms with van der Waals surface area (Å²) in [5.74, 6) is 0. The fourth-order valence-corrected chi connectivity index (χ4v) is 0. The van der Waals surface area contributed by atoms with Crippen LogP contribution in [0.25, 0.3) is 0 Å². The molecule has 0 amide bonds. The molecule has 0 rings (SSSR count). The Bertz CT molecular complexity index is 48.1. The number of hydrogen-bond donors (Lipinski definition) is 0. The molecule has 0 saturated heterocycles. The van der Waals surface area contributed by atoms with Crippen LogP contribution in [0, 0.1) is 13.8 Å². The zero-order valence-electron chi connectivity index (χ0n) is 6.55. The van der Waals surface area contributed by atoms with Crippen molar-refractivity contribution < 1.29 is 26.4 Å². The number of allylic oxidation sites excluding steroid dienone is 2. The van der Waals surface area contributed by atoms with Crippen molar-refractivity contribution in [3.05, 3.63) is 39.2 Å². The second-order valence-corrected chi connectivity index (χ2v) is 0.577. The number of carbonyl (C=O) groups excluding carboxylic acids is 2. The molecule has 0 saturated carbocycles. The molecule has 0 spiro atoms. The van der Waals surface area contributed by atoms with E-state index in [2.05, 4.69) is 27.0 Å². The molecule has 0 aromatic rings. The normalized spacial score (nSPS) is 2.91. The summed E-state index contributed by atoms with van der Waals surface area (Å²) in [6.07, 6.45) is 3.00. The maximum absolute atomic E-state index is 8.00. The van der Waals surface area contributed by atoms with E-state index in [1.54, 1.807) is 0 Å². The van der Waals surface area contributed by atoms with Crippen molar-refractivity contribution in [1.82, 2.24) is 0 Å². The van der Waals surface area contributed by atoms with Gasteiger partial charge in [-0.15, -0.1) is 0 Å². The van der Waals surface area contributed by atoms with Gasteiger partial charge in [-0.25, -0.2) is 39.2 Å². The van der Waals surface area contributed by atoms with Crippen LogP contribution < -0.4 is 0 Å². The van der Waals surface area contributed by atoms with Crippen molar-refractivity contribution in [3.8, 4) is 0 Å². The van der Waals surface area contributed by atoms with E-state index in [9.17, 15) is 0 Å². The van der Waals surface area contributed by atoms with Gasteiger partial charge in [-0.1, -0.05) is 0 Å². The summed E-state index contributed by atoms with van der Waals surface area (Å²) in [7, 11) is 0. The maximum atomic E-state index is 8.00. The Morgan fingerprint density at radius 2 is 0.818 bits per heavy atom. The summed E-state index contributed by atoms with van der Waals surface area (Å²) in [5, 5.41) is 0. The third kappa shape index (κ3) is 520. The minimum Gasteiger partial charge on any atom is -0.307 e. The Balaban J connectivity index is -0.0000000144. The summed E-state index contributed by atoms with van der Waals surface area (Å²) in [5.41, 5.74) is 0. The summed E-state index contributed by atoms with van der Waals surface area (Å²) in [4.78, 5) is 16.0. The zero-order chi connectivity index (χ0) is 9.41. The Morgan fingerprint density at radius 1 is 0.818 bits per heavy atom. The average Bonchev–Trinajstić information content (AvgIpc) is 1.99. The van der Waals surface area contributed by atoms with Crippen molar-refractivity contribution in [1.29, 1.82) is 0 Å². The summed E-state index contributed by atoms with van der Waals surface area (Å²) in [6.45, 7) is 17.0. The van der Waals surface area contributed by atoms with Gasteiger partial charge in [0, 0.05) is 0 Å². The molecule has 0 bridgehead atoms. The molecule has 0 heterocycles. The first-order valence-corrected chi connectivity index (χ1v) is 2.21. The van der Waals surface area contributed by atoms with Crippen LogP contribution in [-0.4, -0.2) is 13.6 Å². The third-order valence-electron chi connectivity index (χ3n) is 0. The average molecular weight is 201 g/mol. The topological polar surface area (TPSA) is 34.1 Å². The van der Waals surface area contributed by atoms with Crippen molar-refractivity contribution >= 4 is 13.6 Å². The van der Waals surface area contributed by atoms with Gasteiger partial charge in [-0.05, 0) is 0 Å². The molecule has 2 nitrogen and oxygen atoms in total. The van der Waals surface area contributed by atoms with Gasteiger partial charge in [0.15, 0.2) is 0 Å². The smallest absolute Gasteiger partial charge is 0.307 e. The predicted octanol–water partition coefficient (Wildman–Crippen LogP) is 1.64. The molecule has 0 aliphatic carbocycles. The standard InChI is InChI=1S/2C3H5.2CH2O.Co/c2*1-3-2;2*1-2;/h2*3H,1-2H2;2*1H2;/q2*-1;;;+2. The Morgan fingerprint density at radius 3 is 0.818 bits per heavy atom. The van der Waals surface area contributed by atoms with E-state index >= 15 is 0 Å². The molecule has 0 fully saturated rings. The molecule has 0 atom stereocenters. The quantitative estimate of drug-likeness (QED) is 0.558. The van der Waals surface area contributed by atoms with Gasteiger partial charge >= 0.3 is 16.8 Å². The van der Waals surface area contributed by atoms with E-state index in [0.29, 0.717) is 0 Å². The second kappa shape index (κ2) is 519. The second-order valence-electron chi connectivity index (χ2n) is 0.577. The fourth-order valence-electron chi connectivity index (χ4n) is 0. The molecule has 0 aliphatic heterocycles. The van der Waals surface area contributed by atoms with Gasteiger partial charge in [-0.2, -0.15) is 0 Å². The van der Waals surface area contributed by atoms with E-state index in [1.165, 1.54) is 12.2 Å². The van der Waals surface area contributed by atoms with Crippen LogP contribution in [0.15, 0.2) is 25.3 Å². The van der Waals surface area contributed by atoms with Crippen molar-refractivity contribution in [2.24, 2.45) is 0 Å². The number of hydrogen-bond acceptors (Lipinski definition) is 2. The fraction of sp³-hybridized carbons (Fsp3) is 0. The van der Waals surface area contributed by atoms with E-state index in [4.69, 9.17) is 9.59 Å². The summed E-state index contributed by atoms with van der Waals surface area (Å²) in [6, 6.07) is 0. The summed E-state index contributed by atoms with van der Waals surface area (Å²) < 4.78 is 0. The SMILES string of the molecule is C=C[CH2-].C=C[CH2-].C=O.C=O.[Co+2]. The van der Waals surface area contributed by atoms with Crippen LogP contribution >= 0.6 is 0 Å². The molecule has 3 heteroatoms.